The Bertz CT molecular complexity index is 1470. The zero-order valence-electron chi connectivity index (χ0n) is 18.9. The zero-order valence-corrected chi connectivity index (χ0v) is 19.7. The number of aryl methyl sites for hydroxylation is 2. The second kappa shape index (κ2) is 8.43. The first-order chi connectivity index (χ1) is 16.4. The summed E-state index contributed by atoms with van der Waals surface area (Å²) >= 11 is 1.29. The summed E-state index contributed by atoms with van der Waals surface area (Å²) in [5, 5.41) is 15.4. The van der Waals surface area contributed by atoms with E-state index >= 15 is 0 Å². The molecule has 7 heteroatoms. The van der Waals surface area contributed by atoms with Gasteiger partial charge in [0.25, 0.3) is 5.78 Å². The van der Waals surface area contributed by atoms with Gasteiger partial charge in [0.05, 0.1) is 24.4 Å². The predicted molar refractivity (Wildman–Crippen MR) is 133 cm³/mol. The molecule has 6 nitrogen and oxygen atoms in total. The number of benzene rings is 3. The van der Waals surface area contributed by atoms with Crippen LogP contribution in [0.2, 0.25) is 0 Å². The normalized spacial score (nSPS) is 17.5. The Labute approximate surface area is 200 Å². The van der Waals surface area contributed by atoms with Gasteiger partial charge >= 0.3 is 5.91 Å². The van der Waals surface area contributed by atoms with Crippen molar-refractivity contribution in [3.05, 3.63) is 94.0 Å². The number of ketones is 1. The number of aromatic nitrogens is 1. The van der Waals surface area contributed by atoms with Crippen LogP contribution in [-0.4, -0.2) is 28.9 Å². The minimum atomic E-state index is -0.780. The summed E-state index contributed by atoms with van der Waals surface area (Å²) in [6.45, 7) is 3.80. The summed E-state index contributed by atoms with van der Waals surface area (Å²) < 4.78 is 5.28. The van der Waals surface area contributed by atoms with Crippen molar-refractivity contribution in [1.82, 2.24) is 4.98 Å². The lowest BCUT2D eigenvalue weighted by atomic mass is 9.94. The fourth-order valence-corrected chi connectivity index (χ4v) is 5.03. The van der Waals surface area contributed by atoms with Gasteiger partial charge in [0, 0.05) is 10.9 Å². The van der Waals surface area contributed by atoms with E-state index < -0.39 is 17.7 Å². The van der Waals surface area contributed by atoms with Crippen LogP contribution in [0, 0.1) is 13.8 Å². The fraction of sp³-hybridized carbons (Fsp3) is 0.148. The summed E-state index contributed by atoms with van der Waals surface area (Å²) in [5.74, 6) is -0.914. The van der Waals surface area contributed by atoms with Crippen LogP contribution in [0.5, 0.6) is 5.75 Å². The number of carbonyl (C=O) groups excluding carboxylic acids is 2. The Morgan fingerprint density at radius 2 is 1.71 bits per heavy atom. The third-order valence-corrected chi connectivity index (χ3v) is 6.93. The molecular formula is C27H22N2O4S. The molecule has 0 radical (unpaired) electrons. The second-order valence-electron chi connectivity index (χ2n) is 8.28. The molecule has 0 spiro atoms. The average Bonchev–Trinajstić information content (AvgIpc) is 3.38. The Morgan fingerprint density at radius 3 is 2.38 bits per heavy atom. The van der Waals surface area contributed by atoms with Crippen LogP contribution in [0.3, 0.4) is 0 Å². The summed E-state index contributed by atoms with van der Waals surface area (Å²) in [5.41, 5.74) is 3.05. The second-order valence-corrected chi connectivity index (χ2v) is 9.12. The van der Waals surface area contributed by atoms with E-state index in [2.05, 4.69) is 4.98 Å². The number of thiazole rings is 1. The molecule has 1 aliphatic heterocycles. The topological polar surface area (TPSA) is 79.7 Å². The highest BCUT2D eigenvalue weighted by Gasteiger charge is 2.48. The molecule has 1 aromatic heterocycles. The Hall–Kier alpha value is -3.97. The number of ether oxygens (including phenoxy) is 1. The minimum absolute atomic E-state index is 0.0505. The third-order valence-electron chi connectivity index (χ3n) is 5.97. The predicted octanol–water partition coefficient (Wildman–Crippen LogP) is 5.55. The Balaban J connectivity index is 1.69. The number of fused-ring (bicyclic) bond motifs is 1. The maximum Gasteiger partial charge on any atom is 0.301 e. The Kier molecular flexibility index (Phi) is 5.42. The van der Waals surface area contributed by atoms with Gasteiger partial charge in [0.2, 0.25) is 0 Å². The van der Waals surface area contributed by atoms with E-state index in [0.717, 1.165) is 33.3 Å². The van der Waals surface area contributed by atoms with E-state index in [1.54, 1.807) is 19.2 Å². The highest BCUT2D eigenvalue weighted by Crippen LogP contribution is 2.43. The summed E-state index contributed by atoms with van der Waals surface area (Å²) in [6, 6.07) is 17.8. The highest BCUT2D eigenvalue weighted by atomic mass is 32.1. The van der Waals surface area contributed by atoms with E-state index in [0.29, 0.717) is 10.7 Å². The van der Waals surface area contributed by atoms with Crippen molar-refractivity contribution in [1.29, 1.82) is 0 Å². The summed E-state index contributed by atoms with van der Waals surface area (Å²) in [7, 11) is 1.61. The van der Waals surface area contributed by atoms with E-state index in [9.17, 15) is 14.7 Å². The molecule has 0 saturated carbocycles. The third kappa shape index (κ3) is 3.64. The lowest BCUT2D eigenvalue weighted by Crippen LogP contribution is -2.29. The molecule has 1 atom stereocenters. The molecule has 1 fully saturated rings. The lowest BCUT2D eigenvalue weighted by Gasteiger charge is -2.23. The van der Waals surface area contributed by atoms with Gasteiger partial charge in [-0.2, -0.15) is 0 Å². The van der Waals surface area contributed by atoms with Crippen molar-refractivity contribution in [2.24, 2.45) is 0 Å². The van der Waals surface area contributed by atoms with Crippen LogP contribution in [-0.2, 0) is 9.59 Å². The smallest absolute Gasteiger partial charge is 0.301 e. The first kappa shape index (κ1) is 21.9. The number of carbonyl (C=O) groups is 2. The van der Waals surface area contributed by atoms with E-state index in [1.165, 1.54) is 16.2 Å². The zero-order chi connectivity index (χ0) is 24.0. The molecule has 34 heavy (non-hydrogen) atoms. The fourth-order valence-electron chi connectivity index (χ4n) is 4.20. The summed E-state index contributed by atoms with van der Waals surface area (Å²) in [4.78, 5) is 32.3. The number of aliphatic hydroxyl groups is 1. The van der Waals surface area contributed by atoms with Crippen LogP contribution in [0.15, 0.2) is 71.6 Å². The minimum Gasteiger partial charge on any atom is -0.507 e. The van der Waals surface area contributed by atoms with Gasteiger partial charge in [0.15, 0.2) is 5.13 Å². The molecule has 2 heterocycles. The van der Waals surface area contributed by atoms with Crippen molar-refractivity contribution < 1.29 is 19.4 Å². The maximum absolute atomic E-state index is 13.3. The lowest BCUT2D eigenvalue weighted by molar-refractivity contribution is -0.132. The van der Waals surface area contributed by atoms with E-state index in [1.807, 2.05) is 67.8 Å². The quantitative estimate of drug-likeness (QED) is 0.240. The standard InChI is InChI=1S/C27H22N2O4S/c1-15-4-6-17(7-5-15)23-22(25(31)26(32)29(23)27-28-16(2)14-34-27)24(30)20-9-8-19-13-21(33-3)11-10-18(19)12-20/h4-14,23,30H,1-3H3/b24-22+. The molecule has 170 valence electrons. The number of rotatable bonds is 4. The van der Waals surface area contributed by atoms with Gasteiger partial charge in [-0.05, 0) is 48.4 Å². The first-order valence-corrected chi connectivity index (χ1v) is 11.6. The van der Waals surface area contributed by atoms with Crippen LogP contribution in [0.4, 0.5) is 5.13 Å². The molecule has 3 aromatic carbocycles. The maximum atomic E-state index is 13.3. The molecule has 1 unspecified atom stereocenters. The summed E-state index contributed by atoms with van der Waals surface area (Å²) in [6.07, 6.45) is 0. The van der Waals surface area contributed by atoms with Gasteiger partial charge in [0.1, 0.15) is 11.5 Å². The van der Waals surface area contributed by atoms with Gasteiger partial charge in [-0.3, -0.25) is 14.5 Å². The monoisotopic (exact) mass is 470 g/mol. The van der Waals surface area contributed by atoms with Crippen molar-refractivity contribution in [2.45, 2.75) is 19.9 Å². The van der Waals surface area contributed by atoms with Crippen molar-refractivity contribution in [3.63, 3.8) is 0 Å². The molecule has 1 aliphatic rings. The number of anilines is 1. The van der Waals surface area contributed by atoms with Gasteiger partial charge in [-0.15, -0.1) is 11.3 Å². The van der Waals surface area contributed by atoms with Crippen molar-refractivity contribution in [3.8, 4) is 5.75 Å². The van der Waals surface area contributed by atoms with Crippen LogP contribution >= 0.6 is 11.3 Å². The van der Waals surface area contributed by atoms with Gasteiger partial charge < -0.3 is 9.84 Å². The number of aliphatic hydroxyl groups excluding tert-OH is 1. The van der Waals surface area contributed by atoms with Crippen molar-refractivity contribution in [2.75, 3.05) is 12.0 Å². The Morgan fingerprint density at radius 1 is 1.00 bits per heavy atom. The van der Waals surface area contributed by atoms with Crippen molar-refractivity contribution >= 4 is 44.7 Å². The molecule has 0 bridgehead atoms. The molecular weight excluding hydrogens is 448 g/mol. The number of Topliss-reactive ketones (excluding diaryl/α,β-unsaturated/α-hetero) is 1. The van der Waals surface area contributed by atoms with Crippen LogP contribution in [0.25, 0.3) is 16.5 Å². The molecule has 1 N–H and O–H groups in total. The van der Waals surface area contributed by atoms with Crippen LogP contribution < -0.4 is 9.64 Å². The van der Waals surface area contributed by atoms with E-state index in [-0.39, 0.29) is 11.3 Å². The number of nitrogens with zero attached hydrogens (tertiary/aromatic N) is 2. The van der Waals surface area contributed by atoms with Gasteiger partial charge in [-0.25, -0.2) is 4.98 Å². The first-order valence-electron chi connectivity index (χ1n) is 10.8. The molecule has 4 aromatic rings. The average molecular weight is 471 g/mol. The molecule has 5 rings (SSSR count). The SMILES string of the molecule is COc1ccc2cc(/C(O)=C3\C(=O)C(=O)N(c4nc(C)cs4)C3c3ccc(C)cc3)ccc2c1. The number of hydrogen-bond acceptors (Lipinski definition) is 6. The number of hydrogen-bond donors (Lipinski definition) is 1. The highest BCUT2D eigenvalue weighted by molar-refractivity contribution is 7.14. The number of amides is 1. The molecule has 1 amide bonds. The number of methoxy groups -OCH3 is 1. The van der Waals surface area contributed by atoms with E-state index in [4.69, 9.17) is 4.74 Å². The van der Waals surface area contributed by atoms with Gasteiger partial charge in [-0.1, -0.05) is 48.0 Å². The molecule has 0 aliphatic carbocycles. The van der Waals surface area contributed by atoms with Crippen LogP contribution in [0.1, 0.15) is 28.4 Å². The largest absolute Gasteiger partial charge is 0.507 e. The molecule has 1 saturated heterocycles.